The van der Waals surface area contributed by atoms with Crippen molar-refractivity contribution in [3.8, 4) is 0 Å². The summed E-state index contributed by atoms with van der Waals surface area (Å²) in [5.41, 5.74) is 2.41. The molecule has 0 aliphatic rings. The van der Waals surface area contributed by atoms with E-state index in [9.17, 15) is 8.42 Å². The van der Waals surface area contributed by atoms with Gasteiger partial charge in [-0.3, -0.25) is 0 Å². The molecule has 0 fully saturated rings. The van der Waals surface area contributed by atoms with Gasteiger partial charge in [0.15, 0.2) is 0 Å². The Bertz CT molecular complexity index is 514. The number of benzene rings is 1. The summed E-state index contributed by atoms with van der Waals surface area (Å²) in [6, 6.07) is 6.48. The SMILES string of the molecule is CCNC(CCCS(C)(=O)=O)c1ccc(C)cc1Br. The lowest BCUT2D eigenvalue weighted by Gasteiger charge is -2.20. The topological polar surface area (TPSA) is 46.2 Å². The number of hydrogen-bond acceptors (Lipinski definition) is 3. The number of sulfone groups is 1. The maximum atomic E-state index is 11.2. The predicted molar refractivity (Wildman–Crippen MR) is 84.2 cm³/mol. The molecule has 3 nitrogen and oxygen atoms in total. The molecular formula is C14H22BrNO2S. The van der Waals surface area contributed by atoms with Crippen molar-refractivity contribution < 1.29 is 8.42 Å². The molecule has 0 spiro atoms. The Morgan fingerprint density at radius 2 is 2.05 bits per heavy atom. The molecule has 0 heterocycles. The van der Waals surface area contributed by atoms with Crippen molar-refractivity contribution in [3.63, 3.8) is 0 Å². The maximum absolute atomic E-state index is 11.2. The highest BCUT2D eigenvalue weighted by atomic mass is 79.9. The zero-order valence-electron chi connectivity index (χ0n) is 11.7. The monoisotopic (exact) mass is 347 g/mol. The van der Waals surface area contributed by atoms with Crippen molar-refractivity contribution in [1.82, 2.24) is 5.32 Å². The first-order valence-electron chi connectivity index (χ1n) is 6.50. The quantitative estimate of drug-likeness (QED) is 0.823. The molecule has 0 aliphatic heterocycles. The van der Waals surface area contributed by atoms with Gasteiger partial charge in [-0.1, -0.05) is 35.0 Å². The van der Waals surface area contributed by atoms with Crippen LogP contribution in [0.15, 0.2) is 22.7 Å². The summed E-state index contributed by atoms with van der Waals surface area (Å²) in [7, 11) is -2.87. The normalized spacial score (nSPS) is 13.5. The largest absolute Gasteiger partial charge is 0.310 e. The van der Waals surface area contributed by atoms with Crippen LogP contribution in [0.5, 0.6) is 0 Å². The number of halogens is 1. The van der Waals surface area contributed by atoms with Crippen molar-refractivity contribution in [3.05, 3.63) is 33.8 Å². The fraction of sp³-hybridized carbons (Fsp3) is 0.571. The lowest BCUT2D eigenvalue weighted by molar-refractivity contribution is 0.505. The molecule has 0 bridgehead atoms. The summed E-state index contributed by atoms with van der Waals surface area (Å²) in [5.74, 6) is 0.248. The summed E-state index contributed by atoms with van der Waals surface area (Å²) in [5, 5.41) is 3.42. The Labute approximate surface area is 124 Å². The summed E-state index contributed by atoms with van der Waals surface area (Å²) < 4.78 is 23.5. The molecular weight excluding hydrogens is 326 g/mol. The lowest BCUT2D eigenvalue weighted by atomic mass is 10.0. The van der Waals surface area contributed by atoms with Crippen molar-refractivity contribution in [2.75, 3.05) is 18.6 Å². The van der Waals surface area contributed by atoms with Crippen LogP contribution in [-0.4, -0.2) is 27.0 Å². The van der Waals surface area contributed by atoms with E-state index in [-0.39, 0.29) is 11.8 Å². The third-order valence-electron chi connectivity index (χ3n) is 2.99. The Kier molecular flexibility index (Phi) is 6.50. The summed E-state index contributed by atoms with van der Waals surface area (Å²) >= 11 is 3.59. The highest BCUT2D eigenvalue weighted by Gasteiger charge is 2.14. The van der Waals surface area contributed by atoms with Gasteiger partial charge in [0, 0.05) is 22.5 Å². The molecule has 0 saturated carbocycles. The van der Waals surface area contributed by atoms with Crippen molar-refractivity contribution in [2.45, 2.75) is 32.7 Å². The first kappa shape index (κ1) is 16.7. The fourth-order valence-corrected chi connectivity index (χ4v) is 3.54. The average Bonchev–Trinajstić information content (AvgIpc) is 2.26. The first-order valence-corrected chi connectivity index (χ1v) is 9.36. The molecule has 1 aromatic carbocycles. The van der Waals surface area contributed by atoms with E-state index in [4.69, 9.17) is 0 Å². The molecule has 1 rings (SSSR count). The predicted octanol–water partition coefficient (Wildman–Crippen LogP) is 3.23. The third-order valence-corrected chi connectivity index (χ3v) is 4.71. The van der Waals surface area contributed by atoms with E-state index in [2.05, 4.69) is 53.3 Å². The van der Waals surface area contributed by atoms with Gasteiger partial charge in [-0.05, 0) is 43.5 Å². The van der Waals surface area contributed by atoms with Crippen LogP contribution in [0.3, 0.4) is 0 Å². The third kappa shape index (κ3) is 6.06. The summed E-state index contributed by atoms with van der Waals surface area (Å²) in [6.07, 6.45) is 2.79. The molecule has 0 radical (unpaired) electrons. The Balaban J connectivity index is 2.76. The molecule has 19 heavy (non-hydrogen) atoms. The molecule has 1 N–H and O–H groups in total. The molecule has 1 unspecified atom stereocenters. The second kappa shape index (κ2) is 7.41. The molecule has 0 amide bonds. The summed E-state index contributed by atoms with van der Waals surface area (Å²) in [4.78, 5) is 0. The first-order chi connectivity index (χ1) is 8.83. The van der Waals surface area contributed by atoms with Crippen molar-refractivity contribution >= 4 is 25.8 Å². The highest BCUT2D eigenvalue weighted by Crippen LogP contribution is 2.27. The number of rotatable bonds is 7. The van der Waals surface area contributed by atoms with Gasteiger partial charge in [-0.15, -0.1) is 0 Å². The van der Waals surface area contributed by atoms with E-state index in [1.165, 1.54) is 17.4 Å². The second-order valence-electron chi connectivity index (χ2n) is 4.91. The van der Waals surface area contributed by atoms with E-state index in [1.54, 1.807) is 0 Å². The van der Waals surface area contributed by atoms with Gasteiger partial charge >= 0.3 is 0 Å². The van der Waals surface area contributed by atoms with Gasteiger partial charge in [-0.25, -0.2) is 8.42 Å². The number of aryl methyl sites for hydroxylation is 1. The zero-order valence-corrected chi connectivity index (χ0v) is 14.1. The molecule has 0 saturated heterocycles. The molecule has 0 aliphatic carbocycles. The number of nitrogens with one attached hydrogen (secondary N) is 1. The second-order valence-corrected chi connectivity index (χ2v) is 8.02. The van der Waals surface area contributed by atoms with Crippen LogP contribution in [0, 0.1) is 6.92 Å². The van der Waals surface area contributed by atoms with Gasteiger partial charge in [0.1, 0.15) is 9.84 Å². The van der Waals surface area contributed by atoms with Crippen LogP contribution in [0.2, 0.25) is 0 Å². The van der Waals surface area contributed by atoms with Gasteiger partial charge in [0.25, 0.3) is 0 Å². The Morgan fingerprint density at radius 1 is 1.37 bits per heavy atom. The molecule has 108 valence electrons. The average molecular weight is 348 g/mol. The van der Waals surface area contributed by atoms with E-state index in [0.29, 0.717) is 6.42 Å². The lowest BCUT2D eigenvalue weighted by Crippen LogP contribution is -2.22. The van der Waals surface area contributed by atoms with Crippen LogP contribution in [0.4, 0.5) is 0 Å². The minimum Gasteiger partial charge on any atom is -0.310 e. The minimum atomic E-state index is -2.87. The molecule has 0 aromatic heterocycles. The highest BCUT2D eigenvalue weighted by molar-refractivity contribution is 9.10. The van der Waals surface area contributed by atoms with Gasteiger partial charge in [-0.2, -0.15) is 0 Å². The fourth-order valence-electron chi connectivity index (χ4n) is 2.08. The van der Waals surface area contributed by atoms with E-state index >= 15 is 0 Å². The van der Waals surface area contributed by atoms with E-state index < -0.39 is 9.84 Å². The van der Waals surface area contributed by atoms with Crippen molar-refractivity contribution in [1.29, 1.82) is 0 Å². The standard InChI is InChI=1S/C14H22BrNO2S/c1-4-16-14(6-5-9-19(3,17)18)12-8-7-11(2)10-13(12)15/h7-8,10,14,16H,4-6,9H2,1-3H3. The molecule has 1 atom stereocenters. The van der Waals surface area contributed by atoms with Crippen molar-refractivity contribution in [2.24, 2.45) is 0 Å². The minimum absolute atomic E-state index is 0.196. The smallest absolute Gasteiger partial charge is 0.147 e. The summed E-state index contributed by atoms with van der Waals surface area (Å²) in [6.45, 7) is 4.98. The zero-order chi connectivity index (χ0) is 14.5. The van der Waals surface area contributed by atoms with E-state index in [0.717, 1.165) is 17.4 Å². The molecule has 1 aromatic rings. The molecule has 5 heteroatoms. The number of hydrogen-bond donors (Lipinski definition) is 1. The van der Waals surface area contributed by atoms with Crippen LogP contribution in [-0.2, 0) is 9.84 Å². The van der Waals surface area contributed by atoms with Gasteiger partial charge in [0.05, 0.1) is 0 Å². The van der Waals surface area contributed by atoms with Crippen LogP contribution in [0.25, 0.3) is 0 Å². The Morgan fingerprint density at radius 3 is 2.58 bits per heavy atom. The Hall–Kier alpha value is -0.390. The van der Waals surface area contributed by atoms with Crippen LogP contribution >= 0.6 is 15.9 Å². The van der Waals surface area contributed by atoms with E-state index in [1.807, 2.05) is 0 Å². The van der Waals surface area contributed by atoms with Gasteiger partial charge in [0.2, 0.25) is 0 Å². The van der Waals surface area contributed by atoms with Gasteiger partial charge < -0.3 is 5.32 Å². The van der Waals surface area contributed by atoms with Crippen LogP contribution in [0.1, 0.15) is 36.9 Å². The maximum Gasteiger partial charge on any atom is 0.147 e. The van der Waals surface area contributed by atoms with Crippen LogP contribution < -0.4 is 5.32 Å².